The highest BCUT2D eigenvalue weighted by Gasteiger charge is 2.20. The first-order chi connectivity index (χ1) is 10.8. The van der Waals surface area contributed by atoms with Crippen LogP contribution in [0.2, 0.25) is 0 Å². The summed E-state index contributed by atoms with van der Waals surface area (Å²) in [5.74, 6) is 0.796. The van der Waals surface area contributed by atoms with Crippen LogP contribution in [0.5, 0.6) is 5.75 Å². The van der Waals surface area contributed by atoms with Crippen molar-refractivity contribution in [3.05, 3.63) is 65.7 Å². The number of hydrogen-bond donors (Lipinski definition) is 2. The quantitative estimate of drug-likeness (QED) is 0.861. The molecule has 0 amide bonds. The molecule has 0 heterocycles. The van der Waals surface area contributed by atoms with Crippen LogP contribution in [-0.2, 0) is 6.42 Å². The Hall–Kier alpha value is -1.84. The Labute approximate surface area is 131 Å². The van der Waals surface area contributed by atoms with Gasteiger partial charge in [-0.1, -0.05) is 42.5 Å². The molecule has 1 aliphatic carbocycles. The Morgan fingerprint density at radius 2 is 1.86 bits per heavy atom. The number of para-hydroxylation sites is 1. The first-order valence-electron chi connectivity index (χ1n) is 8.00. The minimum absolute atomic E-state index is 0.311. The fourth-order valence-corrected chi connectivity index (χ4v) is 3.01. The summed E-state index contributed by atoms with van der Waals surface area (Å²) < 4.78 is 5.59. The van der Waals surface area contributed by atoms with Crippen molar-refractivity contribution < 1.29 is 9.84 Å². The molecule has 1 aliphatic rings. The molecular formula is C19H23NO2. The Morgan fingerprint density at radius 1 is 1.09 bits per heavy atom. The largest absolute Gasteiger partial charge is 0.491 e. The van der Waals surface area contributed by atoms with Crippen molar-refractivity contribution in [2.24, 2.45) is 0 Å². The smallest absolute Gasteiger partial charge is 0.119 e. The molecule has 22 heavy (non-hydrogen) atoms. The molecule has 2 atom stereocenters. The van der Waals surface area contributed by atoms with Crippen LogP contribution in [0, 0.1) is 0 Å². The van der Waals surface area contributed by atoms with Crippen LogP contribution in [0.1, 0.15) is 30.0 Å². The lowest BCUT2D eigenvalue weighted by molar-refractivity contribution is 0.103. The van der Waals surface area contributed by atoms with E-state index >= 15 is 0 Å². The summed E-state index contributed by atoms with van der Waals surface area (Å²) in [6, 6.07) is 18.5. The molecule has 3 nitrogen and oxygen atoms in total. The molecule has 0 fully saturated rings. The minimum Gasteiger partial charge on any atom is -0.491 e. The van der Waals surface area contributed by atoms with E-state index in [1.807, 2.05) is 30.3 Å². The zero-order valence-electron chi connectivity index (χ0n) is 12.7. The number of aliphatic hydroxyl groups is 1. The Kier molecular flexibility index (Phi) is 5.09. The Balaban J connectivity index is 1.48. The van der Waals surface area contributed by atoms with E-state index in [4.69, 9.17) is 4.74 Å². The molecule has 2 aromatic rings. The highest BCUT2D eigenvalue weighted by molar-refractivity contribution is 5.32. The molecule has 116 valence electrons. The van der Waals surface area contributed by atoms with Crippen molar-refractivity contribution in [1.82, 2.24) is 5.32 Å². The molecule has 0 radical (unpaired) electrons. The van der Waals surface area contributed by atoms with Gasteiger partial charge in [0.15, 0.2) is 0 Å². The van der Waals surface area contributed by atoms with E-state index < -0.39 is 6.10 Å². The van der Waals surface area contributed by atoms with Crippen molar-refractivity contribution in [3.63, 3.8) is 0 Å². The highest BCUT2D eigenvalue weighted by Crippen LogP contribution is 2.29. The number of nitrogens with one attached hydrogen (secondary N) is 1. The number of rotatable bonds is 6. The van der Waals surface area contributed by atoms with Crippen LogP contribution >= 0.6 is 0 Å². The molecule has 2 aromatic carbocycles. The van der Waals surface area contributed by atoms with Crippen molar-refractivity contribution >= 4 is 0 Å². The minimum atomic E-state index is -0.505. The topological polar surface area (TPSA) is 41.5 Å². The summed E-state index contributed by atoms with van der Waals surface area (Å²) in [4.78, 5) is 0. The molecule has 0 saturated carbocycles. The fourth-order valence-electron chi connectivity index (χ4n) is 3.01. The predicted molar refractivity (Wildman–Crippen MR) is 88.1 cm³/mol. The summed E-state index contributed by atoms with van der Waals surface area (Å²) in [6.45, 7) is 0.858. The summed E-state index contributed by atoms with van der Waals surface area (Å²) >= 11 is 0. The first kappa shape index (κ1) is 15.1. The van der Waals surface area contributed by atoms with Crippen LogP contribution < -0.4 is 10.1 Å². The molecule has 2 unspecified atom stereocenters. The van der Waals surface area contributed by atoms with Gasteiger partial charge >= 0.3 is 0 Å². The number of fused-ring (bicyclic) bond motifs is 1. The third-order valence-electron chi connectivity index (χ3n) is 4.15. The second-order valence-corrected chi connectivity index (χ2v) is 5.83. The molecule has 3 heteroatoms. The molecule has 3 rings (SSSR count). The Bertz CT molecular complexity index is 585. The van der Waals surface area contributed by atoms with Crippen LogP contribution in [-0.4, -0.2) is 24.4 Å². The van der Waals surface area contributed by atoms with E-state index in [0.29, 0.717) is 19.2 Å². The summed E-state index contributed by atoms with van der Waals surface area (Å²) in [7, 11) is 0. The van der Waals surface area contributed by atoms with Gasteiger partial charge in [-0.25, -0.2) is 0 Å². The van der Waals surface area contributed by atoms with E-state index in [0.717, 1.165) is 18.6 Å². The van der Waals surface area contributed by atoms with Crippen molar-refractivity contribution in [2.75, 3.05) is 13.2 Å². The molecule has 0 aliphatic heterocycles. The van der Waals surface area contributed by atoms with E-state index in [2.05, 4.69) is 29.6 Å². The third kappa shape index (κ3) is 3.87. The van der Waals surface area contributed by atoms with Gasteiger partial charge in [0.25, 0.3) is 0 Å². The van der Waals surface area contributed by atoms with Crippen molar-refractivity contribution in [2.45, 2.75) is 31.4 Å². The summed E-state index contributed by atoms with van der Waals surface area (Å²) in [6.07, 6.45) is 2.98. The summed E-state index contributed by atoms with van der Waals surface area (Å²) in [5.41, 5.74) is 2.81. The predicted octanol–water partition coefficient (Wildman–Crippen LogP) is 3.09. The van der Waals surface area contributed by atoms with Gasteiger partial charge < -0.3 is 15.2 Å². The lowest BCUT2D eigenvalue weighted by atomic mass is 9.88. The average Bonchev–Trinajstić information content (AvgIpc) is 2.59. The first-order valence-corrected chi connectivity index (χ1v) is 8.00. The highest BCUT2D eigenvalue weighted by atomic mass is 16.5. The van der Waals surface area contributed by atoms with E-state index in [1.54, 1.807) is 0 Å². The number of hydrogen-bond acceptors (Lipinski definition) is 3. The maximum absolute atomic E-state index is 10.1. The maximum atomic E-state index is 10.1. The fraction of sp³-hybridized carbons (Fsp3) is 0.368. The van der Waals surface area contributed by atoms with Gasteiger partial charge in [-0.3, -0.25) is 0 Å². The van der Waals surface area contributed by atoms with Gasteiger partial charge in [-0.2, -0.15) is 0 Å². The zero-order chi connectivity index (χ0) is 15.2. The van der Waals surface area contributed by atoms with Gasteiger partial charge in [-0.15, -0.1) is 0 Å². The molecule has 0 bridgehead atoms. The zero-order valence-corrected chi connectivity index (χ0v) is 12.7. The second-order valence-electron chi connectivity index (χ2n) is 5.83. The molecule has 2 N–H and O–H groups in total. The van der Waals surface area contributed by atoms with Crippen molar-refractivity contribution in [1.29, 1.82) is 0 Å². The van der Waals surface area contributed by atoms with Gasteiger partial charge in [0.05, 0.1) is 0 Å². The number of ether oxygens (including phenoxy) is 1. The normalized spacial score (nSPS) is 18.5. The number of benzene rings is 2. The van der Waals surface area contributed by atoms with Crippen LogP contribution in [0.4, 0.5) is 0 Å². The monoisotopic (exact) mass is 297 g/mol. The van der Waals surface area contributed by atoms with Gasteiger partial charge in [0, 0.05) is 12.6 Å². The van der Waals surface area contributed by atoms with E-state index in [1.165, 1.54) is 17.5 Å². The lowest BCUT2D eigenvalue weighted by Crippen LogP contribution is -2.35. The van der Waals surface area contributed by atoms with Crippen LogP contribution in [0.15, 0.2) is 54.6 Å². The molecular weight excluding hydrogens is 274 g/mol. The third-order valence-corrected chi connectivity index (χ3v) is 4.15. The average molecular weight is 297 g/mol. The van der Waals surface area contributed by atoms with Gasteiger partial charge in [0.1, 0.15) is 18.5 Å². The van der Waals surface area contributed by atoms with Crippen molar-refractivity contribution in [3.8, 4) is 5.75 Å². The van der Waals surface area contributed by atoms with Gasteiger partial charge in [0.2, 0.25) is 0 Å². The second kappa shape index (κ2) is 7.43. The maximum Gasteiger partial charge on any atom is 0.119 e. The Morgan fingerprint density at radius 3 is 2.73 bits per heavy atom. The van der Waals surface area contributed by atoms with E-state index in [-0.39, 0.29) is 0 Å². The van der Waals surface area contributed by atoms with Crippen LogP contribution in [0.3, 0.4) is 0 Å². The van der Waals surface area contributed by atoms with E-state index in [9.17, 15) is 5.11 Å². The molecule has 0 aromatic heterocycles. The molecule has 0 spiro atoms. The lowest BCUT2D eigenvalue weighted by Gasteiger charge is -2.27. The standard InChI is InChI=1S/C19H23NO2/c21-16(14-22-17-9-2-1-3-10-17)13-20-19-12-6-8-15-7-4-5-11-18(15)19/h1-5,7,9-11,16,19-21H,6,8,12-14H2. The number of aryl methyl sites for hydroxylation is 1. The van der Waals surface area contributed by atoms with Gasteiger partial charge in [-0.05, 0) is 42.5 Å². The number of aliphatic hydroxyl groups excluding tert-OH is 1. The molecule has 0 saturated heterocycles. The SMILES string of the molecule is OC(CNC1CCCc2ccccc21)COc1ccccc1. The van der Waals surface area contributed by atoms with Crippen LogP contribution in [0.25, 0.3) is 0 Å². The summed E-state index contributed by atoms with van der Waals surface area (Å²) in [5, 5.41) is 13.6.